The second-order valence-electron chi connectivity index (χ2n) is 7.33. The Morgan fingerprint density at radius 1 is 0.931 bits per heavy atom. The topological polar surface area (TPSA) is 23.6 Å². The van der Waals surface area contributed by atoms with Crippen LogP contribution in [0.3, 0.4) is 0 Å². The minimum absolute atomic E-state index is 0.197. The highest BCUT2D eigenvalue weighted by Crippen LogP contribution is 2.29. The van der Waals surface area contributed by atoms with Crippen molar-refractivity contribution in [1.29, 1.82) is 0 Å². The van der Waals surface area contributed by atoms with E-state index in [1.165, 1.54) is 42.8 Å². The molecule has 1 saturated heterocycles. The van der Waals surface area contributed by atoms with Crippen molar-refractivity contribution in [3.8, 4) is 0 Å². The van der Waals surface area contributed by atoms with Gasteiger partial charge in [0.15, 0.2) is 0 Å². The monoisotopic (exact) mass is 408 g/mol. The van der Waals surface area contributed by atoms with E-state index < -0.39 is 17.6 Å². The number of benzene rings is 2. The molecule has 0 spiro atoms. The summed E-state index contributed by atoms with van der Waals surface area (Å²) in [6, 6.07) is 10.2. The summed E-state index contributed by atoms with van der Waals surface area (Å²) in [6.07, 6.45) is -0.924. The van der Waals surface area contributed by atoms with Crippen molar-refractivity contribution in [2.24, 2.45) is 0 Å². The normalized spacial score (nSPS) is 15.3. The number of piperidine rings is 1. The van der Waals surface area contributed by atoms with Gasteiger partial charge in [0.1, 0.15) is 5.82 Å². The van der Waals surface area contributed by atoms with E-state index in [2.05, 4.69) is 4.90 Å². The summed E-state index contributed by atoms with van der Waals surface area (Å²) >= 11 is 0. The Morgan fingerprint density at radius 3 is 2.14 bits per heavy atom. The first-order chi connectivity index (χ1) is 13.8. The van der Waals surface area contributed by atoms with Gasteiger partial charge in [0, 0.05) is 25.2 Å². The molecule has 0 bridgehead atoms. The van der Waals surface area contributed by atoms with E-state index in [4.69, 9.17) is 0 Å². The summed E-state index contributed by atoms with van der Waals surface area (Å²) in [5.74, 6) is -0.689. The van der Waals surface area contributed by atoms with Crippen molar-refractivity contribution in [3.05, 3.63) is 71.0 Å². The molecule has 2 aromatic rings. The first kappa shape index (κ1) is 21.3. The van der Waals surface area contributed by atoms with Crippen LogP contribution in [0.2, 0.25) is 0 Å². The predicted octanol–water partition coefficient (Wildman–Crippen LogP) is 4.97. The van der Waals surface area contributed by atoms with Gasteiger partial charge in [-0.25, -0.2) is 4.39 Å². The van der Waals surface area contributed by atoms with Crippen LogP contribution in [-0.4, -0.2) is 41.9 Å². The average molecular weight is 408 g/mol. The molecule has 3 rings (SSSR count). The van der Waals surface area contributed by atoms with Crippen molar-refractivity contribution >= 4 is 5.91 Å². The summed E-state index contributed by atoms with van der Waals surface area (Å²) in [5.41, 5.74) is 0.259. The van der Waals surface area contributed by atoms with Crippen molar-refractivity contribution < 1.29 is 22.4 Å². The van der Waals surface area contributed by atoms with E-state index in [1.807, 2.05) is 0 Å². The molecule has 0 N–H and O–H groups in total. The largest absolute Gasteiger partial charge is 0.416 e. The zero-order valence-corrected chi connectivity index (χ0v) is 16.1. The van der Waals surface area contributed by atoms with Gasteiger partial charge in [-0.2, -0.15) is 13.2 Å². The van der Waals surface area contributed by atoms with Crippen molar-refractivity contribution in [3.63, 3.8) is 0 Å². The fourth-order valence-corrected chi connectivity index (χ4v) is 3.49. The van der Waals surface area contributed by atoms with E-state index in [1.54, 1.807) is 4.90 Å². The maximum Gasteiger partial charge on any atom is 0.416 e. The Balaban J connectivity index is 1.74. The first-order valence-corrected chi connectivity index (χ1v) is 9.76. The van der Waals surface area contributed by atoms with Crippen LogP contribution in [-0.2, 0) is 12.7 Å². The highest BCUT2D eigenvalue weighted by Gasteiger charge is 2.30. The third-order valence-corrected chi connectivity index (χ3v) is 5.17. The van der Waals surface area contributed by atoms with Gasteiger partial charge in [-0.15, -0.1) is 0 Å². The summed E-state index contributed by atoms with van der Waals surface area (Å²) in [6.45, 7) is 3.32. The molecular weight excluding hydrogens is 384 g/mol. The third kappa shape index (κ3) is 6.03. The minimum Gasteiger partial charge on any atom is -0.333 e. The number of rotatable bonds is 6. The van der Waals surface area contributed by atoms with Crippen LogP contribution in [0, 0.1) is 5.82 Å². The summed E-state index contributed by atoms with van der Waals surface area (Å²) < 4.78 is 51.6. The number of likely N-dealkylation sites (tertiary alicyclic amines) is 1. The molecule has 0 saturated carbocycles. The molecule has 1 heterocycles. The third-order valence-electron chi connectivity index (χ3n) is 5.17. The Bertz CT molecular complexity index is 797. The van der Waals surface area contributed by atoms with Crippen LogP contribution in [0.15, 0.2) is 48.5 Å². The second-order valence-corrected chi connectivity index (χ2v) is 7.33. The summed E-state index contributed by atoms with van der Waals surface area (Å²) in [4.78, 5) is 16.9. The second kappa shape index (κ2) is 9.39. The molecular formula is C22H24F4N2O. The van der Waals surface area contributed by atoms with Gasteiger partial charge in [0.25, 0.3) is 5.91 Å². The molecule has 0 radical (unpaired) electrons. The van der Waals surface area contributed by atoms with Crippen LogP contribution >= 0.6 is 0 Å². The van der Waals surface area contributed by atoms with Gasteiger partial charge in [-0.3, -0.25) is 4.79 Å². The maximum atomic E-state index is 13.2. The van der Waals surface area contributed by atoms with Gasteiger partial charge in [0.2, 0.25) is 0 Å². The molecule has 1 aliphatic heterocycles. The molecule has 0 aromatic heterocycles. The SMILES string of the molecule is O=C(c1ccc(F)cc1)N(CCN1CCCCC1)Cc1ccc(C(F)(F)F)cc1. The summed E-state index contributed by atoms with van der Waals surface area (Å²) in [5, 5.41) is 0. The minimum atomic E-state index is -4.39. The zero-order valence-electron chi connectivity index (χ0n) is 16.1. The number of nitrogens with zero attached hydrogens (tertiary/aromatic N) is 2. The van der Waals surface area contributed by atoms with Crippen molar-refractivity contribution in [2.45, 2.75) is 32.0 Å². The molecule has 0 unspecified atom stereocenters. The van der Waals surface area contributed by atoms with E-state index in [0.29, 0.717) is 24.2 Å². The van der Waals surface area contributed by atoms with E-state index >= 15 is 0 Å². The molecule has 29 heavy (non-hydrogen) atoms. The quantitative estimate of drug-likeness (QED) is 0.630. The van der Waals surface area contributed by atoms with E-state index in [9.17, 15) is 22.4 Å². The Labute approximate surface area is 167 Å². The van der Waals surface area contributed by atoms with Crippen LogP contribution in [0.25, 0.3) is 0 Å². The first-order valence-electron chi connectivity index (χ1n) is 9.76. The highest BCUT2D eigenvalue weighted by molar-refractivity contribution is 5.94. The molecule has 2 aromatic carbocycles. The van der Waals surface area contributed by atoms with E-state index in [0.717, 1.165) is 38.1 Å². The molecule has 0 atom stereocenters. The molecule has 7 heteroatoms. The Morgan fingerprint density at radius 2 is 1.55 bits per heavy atom. The molecule has 156 valence electrons. The van der Waals surface area contributed by atoms with Gasteiger partial charge < -0.3 is 9.80 Å². The van der Waals surface area contributed by atoms with E-state index in [-0.39, 0.29) is 12.5 Å². The predicted molar refractivity (Wildman–Crippen MR) is 103 cm³/mol. The lowest BCUT2D eigenvalue weighted by atomic mass is 10.1. The lowest BCUT2D eigenvalue weighted by molar-refractivity contribution is -0.137. The lowest BCUT2D eigenvalue weighted by Crippen LogP contribution is -2.40. The number of hydrogen-bond acceptors (Lipinski definition) is 2. The average Bonchev–Trinajstić information content (AvgIpc) is 2.71. The standard InChI is InChI=1S/C22H24F4N2O/c23-20-10-6-18(7-11-20)21(29)28(15-14-27-12-2-1-3-13-27)16-17-4-8-19(9-5-17)22(24,25)26/h4-11H,1-3,12-16H2. The van der Waals surface area contributed by atoms with Crippen LogP contribution in [0.4, 0.5) is 17.6 Å². The van der Waals surface area contributed by atoms with Gasteiger partial charge >= 0.3 is 6.18 Å². The molecule has 3 nitrogen and oxygen atoms in total. The number of alkyl halides is 3. The Kier molecular flexibility index (Phi) is 6.90. The van der Waals surface area contributed by atoms with Gasteiger partial charge in [-0.05, 0) is 67.9 Å². The lowest BCUT2D eigenvalue weighted by Gasteiger charge is -2.30. The Hall–Kier alpha value is -2.41. The van der Waals surface area contributed by atoms with Gasteiger partial charge in [-0.1, -0.05) is 18.6 Å². The van der Waals surface area contributed by atoms with Crippen LogP contribution < -0.4 is 0 Å². The number of carbonyl (C=O) groups is 1. The maximum absolute atomic E-state index is 13.2. The number of halogens is 4. The molecule has 1 aliphatic rings. The van der Waals surface area contributed by atoms with Crippen molar-refractivity contribution in [2.75, 3.05) is 26.2 Å². The highest BCUT2D eigenvalue weighted by atomic mass is 19.4. The summed E-state index contributed by atoms with van der Waals surface area (Å²) in [7, 11) is 0. The number of hydrogen-bond donors (Lipinski definition) is 0. The molecule has 1 fully saturated rings. The number of amides is 1. The molecule has 1 amide bonds. The molecule has 0 aliphatic carbocycles. The van der Waals surface area contributed by atoms with Gasteiger partial charge in [0.05, 0.1) is 5.56 Å². The zero-order chi connectivity index (χ0) is 20.9. The fourth-order valence-electron chi connectivity index (χ4n) is 3.49. The number of carbonyl (C=O) groups excluding carboxylic acids is 1. The van der Waals surface area contributed by atoms with Crippen LogP contribution in [0.1, 0.15) is 40.7 Å². The smallest absolute Gasteiger partial charge is 0.333 e. The van der Waals surface area contributed by atoms with Crippen molar-refractivity contribution in [1.82, 2.24) is 9.80 Å². The van der Waals surface area contributed by atoms with Crippen LogP contribution in [0.5, 0.6) is 0 Å². The fraction of sp³-hybridized carbons (Fsp3) is 0.409.